The maximum Gasteiger partial charge on any atom is 0.272 e. The Bertz CT molecular complexity index is 2070. The fourth-order valence-electron chi connectivity index (χ4n) is 4.70. The van der Waals surface area contributed by atoms with Crippen LogP contribution in [0.5, 0.6) is 5.75 Å². The summed E-state index contributed by atoms with van der Waals surface area (Å²) in [6, 6.07) is 35.2. The number of anilines is 2. The van der Waals surface area contributed by atoms with E-state index in [1.165, 1.54) is 23.1 Å². The predicted molar refractivity (Wildman–Crippen MR) is 186 cm³/mol. The third-order valence-electron chi connectivity index (χ3n) is 6.98. The molecule has 0 atom stereocenters. The van der Waals surface area contributed by atoms with Gasteiger partial charge in [-0.05, 0) is 77.0 Å². The van der Waals surface area contributed by atoms with Crippen LogP contribution < -0.4 is 20.7 Å². The third kappa shape index (κ3) is 7.43. The first-order valence-electron chi connectivity index (χ1n) is 14.3. The number of methoxy groups -OCH3 is 1. The summed E-state index contributed by atoms with van der Waals surface area (Å²) in [6.07, 6.45) is 1.68. The molecular formula is C36H28N4O4S2. The van der Waals surface area contributed by atoms with Gasteiger partial charge in [0.2, 0.25) is 5.91 Å². The van der Waals surface area contributed by atoms with E-state index in [1.54, 1.807) is 49.6 Å². The first-order valence-corrected chi connectivity index (χ1v) is 16.1. The van der Waals surface area contributed by atoms with Crippen LogP contribution in [0.1, 0.15) is 15.9 Å². The van der Waals surface area contributed by atoms with Crippen LogP contribution in [0.3, 0.4) is 0 Å². The highest BCUT2D eigenvalue weighted by Crippen LogP contribution is 2.30. The maximum absolute atomic E-state index is 13.5. The van der Waals surface area contributed by atoms with Gasteiger partial charge >= 0.3 is 0 Å². The molecule has 0 spiro atoms. The monoisotopic (exact) mass is 644 g/mol. The first kappa shape index (κ1) is 30.6. The van der Waals surface area contributed by atoms with Gasteiger partial charge in [-0.1, -0.05) is 72.0 Å². The quantitative estimate of drug-likeness (QED) is 0.105. The van der Waals surface area contributed by atoms with Gasteiger partial charge in [0, 0.05) is 16.1 Å². The Morgan fingerprint density at radius 2 is 1.61 bits per heavy atom. The molecule has 0 aliphatic rings. The van der Waals surface area contributed by atoms with Gasteiger partial charge in [-0.15, -0.1) is 11.8 Å². The predicted octanol–water partition coefficient (Wildman–Crippen LogP) is 7.60. The van der Waals surface area contributed by atoms with Gasteiger partial charge in [0.25, 0.3) is 11.8 Å². The van der Waals surface area contributed by atoms with Crippen molar-refractivity contribution in [2.45, 2.75) is 4.90 Å². The molecule has 228 valence electrons. The van der Waals surface area contributed by atoms with Crippen LogP contribution >= 0.6 is 23.1 Å². The number of fused-ring (bicyclic) bond motifs is 2. The summed E-state index contributed by atoms with van der Waals surface area (Å²) >= 11 is 2.75. The fraction of sp³-hybridized carbons (Fsp3) is 0.0556. The largest absolute Gasteiger partial charge is 0.497 e. The normalized spacial score (nSPS) is 11.3. The molecule has 0 unspecified atom stereocenters. The van der Waals surface area contributed by atoms with Crippen LogP contribution in [-0.4, -0.2) is 35.6 Å². The fourth-order valence-corrected chi connectivity index (χ4v) is 6.31. The number of nitrogens with one attached hydrogen (secondary N) is 3. The second kappa shape index (κ2) is 14.1. The molecule has 0 fully saturated rings. The van der Waals surface area contributed by atoms with Crippen LogP contribution in [0.4, 0.5) is 10.8 Å². The summed E-state index contributed by atoms with van der Waals surface area (Å²) < 4.78 is 6.18. The van der Waals surface area contributed by atoms with Crippen LogP contribution in [0, 0.1) is 0 Å². The number of benzene rings is 5. The summed E-state index contributed by atoms with van der Waals surface area (Å²) in [5.74, 6) is -0.110. The van der Waals surface area contributed by atoms with Crippen LogP contribution in [0.25, 0.3) is 27.1 Å². The van der Waals surface area contributed by atoms with Crippen molar-refractivity contribution in [1.82, 2.24) is 10.3 Å². The number of rotatable bonds is 10. The highest BCUT2D eigenvalue weighted by molar-refractivity contribution is 8.00. The van der Waals surface area contributed by atoms with Crippen molar-refractivity contribution < 1.29 is 19.1 Å². The van der Waals surface area contributed by atoms with Gasteiger partial charge in [0.1, 0.15) is 11.4 Å². The Labute approximate surface area is 273 Å². The van der Waals surface area contributed by atoms with E-state index in [2.05, 4.69) is 20.9 Å². The molecule has 1 heterocycles. The second-order valence-electron chi connectivity index (χ2n) is 10.1. The molecule has 3 amide bonds. The smallest absolute Gasteiger partial charge is 0.272 e. The van der Waals surface area contributed by atoms with Crippen LogP contribution in [0.2, 0.25) is 0 Å². The molecule has 5 aromatic carbocycles. The van der Waals surface area contributed by atoms with Crippen molar-refractivity contribution in [3.8, 4) is 5.75 Å². The molecule has 0 aliphatic carbocycles. The van der Waals surface area contributed by atoms with E-state index in [9.17, 15) is 14.4 Å². The van der Waals surface area contributed by atoms with Gasteiger partial charge in [0.15, 0.2) is 5.13 Å². The number of carbonyl (C=O) groups is 3. The highest BCUT2D eigenvalue weighted by atomic mass is 32.2. The van der Waals surface area contributed by atoms with Gasteiger partial charge in [-0.25, -0.2) is 4.98 Å². The zero-order valence-electron chi connectivity index (χ0n) is 24.7. The first-order chi connectivity index (χ1) is 22.4. The lowest BCUT2D eigenvalue weighted by Gasteiger charge is -2.12. The Kier molecular flexibility index (Phi) is 9.37. The molecule has 0 aliphatic heterocycles. The van der Waals surface area contributed by atoms with Crippen molar-refractivity contribution in [3.63, 3.8) is 0 Å². The van der Waals surface area contributed by atoms with Crippen molar-refractivity contribution >= 4 is 78.7 Å². The highest BCUT2D eigenvalue weighted by Gasteiger charge is 2.16. The van der Waals surface area contributed by atoms with Crippen molar-refractivity contribution in [3.05, 3.63) is 132 Å². The molecule has 0 saturated heterocycles. The summed E-state index contributed by atoms with van der Waals surface area (Å²) in [5.41, 5.74) is 2.68. The minimum Gasteiger partial charge on any atom is -0.497 e. The Hall–Kier alpha value is -5.45. The Morgan fingerprint density at radius 3 is 2.41 bits per heavy atom. The number of amides is 3. The molecule has 8 nitrogen and oxygen atoms in total. The molecular weight excluding hydrogens is 617 g/mol. The Balaban J connectivity index is 1.12. The van der Waals surface area contributed by atoms with E-state index >= 15 is 0 Å². The molecule has 6 rings (SSSR count). The van der Waals surface area contributed by atoms with E-state index in [4.69, 9.17) is 4.74 Å². The number of ether oxygens (including phenoxy) is 1. The van der Waals surface area contributed by atoms with Gasteiger partial charge in [-0.2, -0.15) is 0 Å². The van der Waals surface area contributed by atoms with Gasteiger partial charge in [-0.3, -0.25) is 14.4 Å². The average Bonchev–Trinajstić information content (AvgIpc) is 3.49. The van der Waals surface area contributed by atoms with E-state index in [1.807, 2.05) is 78.9 Å². The maximum atomic E-state index is 13.5. The molecule has 6 aromatic rings. The van der Waals surface area contributed by atoms with E-state index < -0.39 is 11.8 Å². The zero-order chi connectivity index (χ0) is 31.9. The van der Waals surface area contributed by atoms with E-state index in [0.29, 0.717) is 16.4 Å². The van der Waals surface area contributed by atoms with Gasteiger partial charge < -0.3 is 20.7 Å². The lowest BCUT2D eigenvalue weighted by molar-refractivity contribution is -0.114. The number of thioether (sulfide) groups is 1. The number of hydrogen-bond acceptors (Lipinski definition) is 7. The molecule has 46 heavy (non-hydrogen) atoms. The SMILES string of the molecule is COc1ccc2nc(NC(=O)CSc3ccc(NC(=O)/C(=C/c4cccc5ccccc45)NC(=O)c4ccccc4)cc3)sc2c1. The van der Waals surface area contributed by atoms with Crippen molar-refractivity contribution in [2.75, 3.05) is 23.5 Å². The zero-order valence-corrected chi connectivity index (χ0v) is 26.3. The van der Waals surface area contributed by atoms with E-state index in [0.717, 1.165) is 37.2 Å². The van der Waals surface area contributed by atoms with Gasteiger partial charge in [0.05, 0.1) is 23.1 Å². The van der Waals surface area contributed by atoms with Crippen LogP contribution in [-0.2, 0) is 9.59 Å². The summed E-state index contributed by atoms with van der Waals surface area (Å²) in [4.78, 5) is 44.5. The number of carbonyl (C=O) groups excluding carboxylic acids is 3. The summed E-state index contributed by atoms with van der Waals surface area (Å²) in [5, 5.41) is 11.0. The minimum atomic E-state index is -0.467. The number of nitrogens with zero attached hydrogens (tertiary/aromatic N) is 1. The van der Waals surface area contributed by atoms with Crippen molar-refractivity contribution in [2.24, 2.45) is 0 Å². The molecule has 3 N–H and O–H groups in total. The Morgan fingerprint density at radius 1 is 0.848 bits per heavy atom. The lowest BCUT2D eigenvalue weighted by Crippen LogP contribution is -2.30. The second-order valence-corrected chi connectivity index (χ2v) is 12.2. The molecule has 10 heteroatoms. The number of thiazole rings is 1. The average molecular weight is 645 g/mol. The van der Waals surface area contributed by atoms with Crippen LogP contribution in [0.15, 0.2) is 126 Å². The topological polar surface area (TPSA) is 109 Å². The standard InChI is InChI=1S/C36H28N4O4S2/c1-44-27-16-19-30-32(21-27)46-36(39-30)40-33(41)22-45-28-17-14-26(15-18-28)37-35(43)31(38-34(42)24-9-3-2-4-10-24)20-25-12-7-11-23-8-5-6-13-29(23)25/h2-21H,22H2,1H3,(H,37,43)(H,38,42)(H,39,40,41)/b31-20-. The lowest BCUT2D eigenvalue weighted by atomic mass is 10.0. The summed E-state index contributed by atoms with van der Waals surface area (Å²) in [6.45, 7) is 0. The van der Waals surface area contributed by atoms with Crippen molar-refractivity contribution in [1.29, 1.82) is 0 Å². The molecule has 0 radical (unpaired) electrons. The third-order valence-corrected chi connectivity index (χ3v) is 8.92. The molecule has 1 aromatic heterocycles. The summed E-state index contributed by atoms with van der Waals surface area (Å²) in [7, 11) is 1.61. The molecule has 0 saturated carbocycles. The molecule has 0 bridgehead atoms. The number of aromatic nitrogens is 1. The minimum absolute atomic E-state index is 0.105. The van der Waals surface area contributed by atoms with E-state index in [-0.39, 0.29) is 17.4 Å². The number of hydrogen-bond donors (Lipinski definition) is 3.